The summed E-state index contributed by atoms with van der Waals surface area (Å²) in [4.78, 5) is 29.0. The number of carbonyl (C=O) groups excluding carboxylic acids is 2. The predicted molar refractivity (Wildman–Crippen MR) is 106 cm³/mol. The van der Waals surface area contributed by atoms with Gasteiger partial charge in [-0.15, -0.1) is 0 Å². The van der Waals surface area contributed by atoms with Gasteiger partial charge in [0.15, 0.2) is 0 Å². The summed E-state index contributed by atoms with van der Waals surface area (Å²) in [6.07, 6.45) is 3.95. The molecule has 0 spiro atoms. The van der Waals surface area contributed by atoms with Gasteiger partial charge in [-0.05, 0) is 30.2 Å². The van der Waals surface area contributed by atoms with Crippen molar-refractivity contribution >= 4 is 11.8 Å². The lowest BCUT2D eigenvalue weighted by Gasteiger charge is -2.28. The molecule has 0 aromatic carbocycles. The second kappa shape index (κ2) is 10.7. The Morgan fingerprint density at radius 2 is 1.93 bits per heavy atom. The van der Waals surface area contributed by atoms with Crippen LogP contribution in [0, 0.1) is 5.92 Å². The highest BCUT2D eigenvalue weighted by Crippen LogP contribution is 2.13. The summed E-state index contributed by atoms with van der Waals surface area (Å²) in [5.41, 5.74) is 1.01. The van der Waals surface area contributed by atoms with E-state index in [0.29, 0.717) is 38.4 Å². The molecule has 2 rings (SSSR count). The molecule has 2 heterocycles. The van der Waals surface area contributed by atoms with E-state index in [2.05, 4.69) is 0 Å². The first-order chi connectivity index (χ1) is 13.4. The lowest BCUT2D eigenvalue weighted by molar-refractivity contribution is -0.142. The molecule has 0 unspecified atom stereocenters. The van der Waals surface area contributed by atoms with Crippen molar-refractivity contribution in [2.75, 3.05) is 26.8 Å². The fraction of sp³-hybridized carbons (Fsp3) is 0.524. The van der Waals surface area contributed by atoms with Gasteiger partial charge >= 0.3 is 0 Å². The van der Waals surface area contributed by atoms with Gasteiger partial charge in [-0.25, -0.2) is 0 Å². The molecule has 7 nitrogen and oxygen atoms in total. The van der Waals surface area contributed by atoms with E-state index < -0.39 is 0 Å². The standard InChI is InChI=1S/C21H31N3O4/c1-17(2)13-20(25)23(10-12-27-4)16-21(26)24(15-19-8-6-11-28-19)14-18-7-5-9-22(18)3/h5-9,11,17H,10,12-16H2,1-4H3. The summed E-state index contributed by atoms with van der Waals surface area (Å²) in [5, 5.41) is 0. The molecule has 0 fully saturated rings. The number of rotatable bonds is 11. The Labute approximate surface area is 166 Å². The largest absolute Gasteiger partial charge is 0.467 e. The Morgan fingerprint density at radius 3 is 2.50 bits per heavy atom. The maximum atomic E-state index is 13.1. The lowest BCUT2D eigenvalue weighted by atomic mass is 10.1. The summed E-state index contributed by atoms with van der Waals surface area (Å²) < 4.78 is 12.5. The number of hydrogen-bond donors (Lipinski definition) is 0. The highest BCUT2D eigenvalue weighted by atomic mass is 16.5. The zero-order valence-corrected chi connectivity index (χ0v) is 17.3. The molecule has 154 valence electrons. The Hall–Kier alpha value is -2.54. The molecule has 0 aliphatic carbocycles. The number of amides is 2. The fourth-order valence-corrected chi connectivity index (χ4v) is 2.91. The molecule has 0 aliphatic heterocycles. The average Bonchev–Trinajstić information content (AvgIpc) is 3.29. The van der Waals surface area contributed by atoms with E-state index in [0.717, 1.165) is 5.69 Å². The third-order valence-electron chi connectivity index (χ3n) is 4.51. The van der Waals surface area contributed by atoms with Crippen LogP contribution in [0.15, 0.2) is 41.1 Å². The first-order valence-electron chi connectivity index (χ1n) is 9.57. The van der Waals surface area contributed by atoms with Gasteiger partial charge in [0.25, 0.3) is 0 Å². The molecule has 0 radical (unpaired) electrons. The minimum Gasteiger partial charge on any atom is -0.467 e. The minimum absolute atomic E-state index is 0.0278. The third kappa shape index (κ3) is 6.56. The van der Waals surface area contributed by atoms with Crippen LogP contribution in [0.4, 0.5) is 0 Å². The molecule has 0 saturated carbocycles. The van der Waals surface area contributed by atoms with Crippen LogP contribution in [-0.2, 0) is 34.5 Å². The molecule has 0 atom stereocenters. The first-order valence-corrected chi connectivity index (χ1v) is 9.57. The lowest BCUT2D eigenvalue weighted by Crippen LogP contribution is -2.44. The van der Waals surface area contributed by atoms with Gasteiger partial charge in [-0.1, -0.05) is 13.8 Å². The average molecular weight is 389 g/mol. The van der Waals surface area contributed by atoms with E-state index in [1.54, 1.807) is 29.2 Å². The molecule has 7 heteroatoms. The maximum Gasteiger partial charge on any atom is 0.242 e. The molecular weight excluding hydrogens is 358 g/mol. The first kappa shape index (κ1) is 21.8. The normalized spacial score (nSPS) is 11.0. The Kier molecular flexibility index (Phi) is 8.32. The number of ether oxygens (including phenoxy) is 1. The summed E-state index contributed by atoms with van der Waals surface area (Å²) >= 11 is 0. The Balaban J connectivity index is 2.13. The quantitative estimate of drug-likeness (QED) is 0.593. The molecule has 0 N–H and O–H groups in total. The van der Waals surface area contributed by atoms with Gasteiger partial charge < -0.3 is 23.5 Å². The van der Waals surface area contributed by atoms with Gasteiger partial charge in [0, 0.05) is 39.0 Å². The highest BCUT2D eigenvalue weighted by Gasteiger charge is 2.23. The fourth-order valence-electron chi connectivity index (χ4n) is 2.91. The van der Waals surface area contributed by atoms with Crippen LogP contribution in [0.25, 0.3) is 0 Å². The summed E-state index contributed by atoms with van der Waals surface area (Å²) in [6.45, 7) is 5.60. The van der Waals surface area contributed by atoms with E-state index in [1.807, 2.05) is 49.9 Å². The van der Waals surface area contributed by atoms with Gasteiger partial charge in [0.2, 0.25) is 11.8 Å². The number of aromatic nitrogens is 1. The molecule has 2 aromatic rings. The van der Waals surface area contributed by atoms with E-state index >= 15 is 0 Å². The van der Waals surface area contributed by atoms with Crippen LogP contribution in [0.5, 0.6) is 0 Å². The van der Waals surface area contributed by atoms with Crippen LogP contribution >= 0.6 is 0 Å². The van der Waals surface area contributed by atoms with Crippen LogP contribution in [-0.4, -0.2) is 53.0 Å². The van der Waals surface area contributed by atoms with Crippen molar-refractivity contribution < 1.29 is 18.7 Å². The summed E-state index contributed by atoms with van der Waals surface area (Å²) in [6, 6.07) is 7.58. The van der Waals surface area contributed by atoms with Crippen molar-refractivity contribution in [1.82, 2.24) is 14.4 Å². The number of methoxy groups -OCH3 is 1. The van der Waals surface area contributed by atoms with Crippen molar-refractivity contribution in [2.45, 2.75) is 33.4 Å². The molecular formula is C21H31N3O4. The summed E-state index contributed by atoms with van der Waals surface area (Å²) in [5.74, 6) is 0.790. The SMILES string of the molecule is COCCN(CC(=O)N(Cc1ccco1)Cc1cccn1C)C(=O)CC(C)C. The van der Waals surface area contributed by atoms with Crippen molar-refractivity contribution in [3.63, 3.8) is 0 Å². The van der Waals surface area contributed by atoms with Crippen LogP contribution in [0.3, 0.4) is 0 Å². The van der Waals surface area contributed by atoms with E-state index in [-0.39, 0.29) is 24.3 Å². The van der Waals surface area contributed by atoms with E-state index in [1.165, 1.54) is 0 Å². The van der Waals surface area contributed by atoms with E-state index in [4.69, 9.17) is 9.15 Å². The number of furan rings is 1. The second-order valence-electron chi connectivity index (χ2n) is 7.35. The number of aryl methyl sites for hydroxylation is 1. The Bertz CT molecular complexity index is 737. The number of hydrogen-bond acceptors (Lipinski definition) is 4. The van der Waals surface area contributed by atoms with E-state index in [9.17, 15) is 9.59 Å². The molecule has 0 bridgehead atoms. The monoisotopic (exact) mass is 389 g/mol. The topological polar surface area (TPSA) is 67.9 Å². The highest BCUT2D eigenvalue weighted by molar-refractivity contribution is 5.85. The number of nitrogens with zero attached hydrogens (tertiary/aromatic N) is 3. The molecule has 2 aromatic heterocycles. The van der Waals surface area contributed by atoms with Crippen LogP contribution in [0.2, 0.25) is 0 Å². The molecule has 28 heavy (non-hydrogen) atoms. The smallest absolute Gasteiger partial charge is 0.242 e. The van der Waals surface area contributed by atoms with Crippen LogP contribution < -0.4 is 0 Å². The maximum absolute atomic E-state index is 13.1. The van der Waals surface area contributed by atoms with Crippen molar-refractivity contribution in [3.05, 3.63) is 48.2 Å². The molecule has 0 aliphatic rings. The van der Waals surface area contributed by atoms with Crippen molar-refractivity contribution in [1.29, 1.82) is 0 Å². The number of carbonyl (C=O) groups is 2. The van der Waals surface area contributed by atoms with Gasteiger partial charge in [0.1, 0.15) is 5.76 Å². The van der Waals surface area contributed by atoms with Crippen LogP contribution in [0.1, 0.15) is 31.7 Å². The van der Waals surface area contributed by atoms with Crippen molar-refractivity contribution in [3.8, 4) is 0 Å². The van der Waals surface area contributed by atoms with Gasteiger partial charge in [0.05, 0.1) is 32.5 Å². The van der Waals surface area contributed by atoms with Gasteiger partial charge in [-0.2, -0.15) is 0 Å². The minimum atomic E-state index is -0.120. The second-order valence-corrected chi connectivity index (χ2v) is 7.35. The van der Waals surface area contributed by atoms with Crippen molar-refractivity contribution in [2.24, 2.45) is 13.0 Å². The zero-order chi connectivity index (χ0) is 20.5. The predicted octanol–water partition coefficient (Wildman–Crippen LogP) is 2.67. The molecule has 2 amide bonds. The Morgan fingerprint density at radius 1 is 1.14 bits per heavy atom. The van der Waals surface area contributed by atoms with Gasteiger partial charge in [-0.3, -0.25) is 9.59 Å². The third-order valence-corrected chi connectivity index (χ3v) is 4.51. The zero-order valence-electron chi connectivity index (χ0n) is 17.3. The summed E-state index contributed by atoms with van der Waals surface area (Å²) in [7, 11) is 3.54. The molecule has 0 saturated heterocycles.